The molecule has 1 aromatic rings. The SMILES string of the molecule is O=C(C1CC(c2ccccc2Cl)NN1)N1CCC2(CC1)OCCO2. The van der Waals surface area contributed by atoms with Crippen molar-refractivity contribution in [2.24, 2.45) is 0 Å². The summed E-state index contributed by atoms with van der Waals surface area (Å²) in [7, 11) is 0. The molecule has 24 heavy (non-hydrogen) atoms. The van der Waals surface area contributed by atoms with E-state index in [0.29, 0.717) is 32.7 Å². The van der Waals surface area contributed by atoms with Gasteiger partial charge in [-0.1, -0.05) is 29.8 Å². The number of carbonyl (C=O) groups excluding carboxylic acids is 1. The number of halogens is 1. The zero-order valence-electron chi connectivity index (χ0n) is 13.5. The summed E-state index contributed by atoms with van der Waals surface area (Å²) in [4.78, 5) is 14.7. The number of benzene rings is 1. The molecule has 3 aliphatic rings. The van der Waals surface area contributed by atoms with Crippen molar-refractivity contribution >= 4 is 17.5 Å². The third kappa shape index (κ3) is 3.05. The zero-order valence-corrected chi connectivity index (χ0v) is 14.2. The Morgan fingerprint density at radius 2 is 1.88 bits per heavy atom. The van der Waals surface area contributed by atoms with Gasteiger partial charge in [0, 0.05) is 37.0 Å². The first-order valence-electron chi connectivity index (χ1n) is 8.49. The lowest BCUT2D eigenvalue weighted by molar-refractivity contribution is -0.187. The Kier molecular flexibility index (Phi) is 4.49. The van der Waals surface area contributed by atoms with Crippen LogP contribution in [0.5, 0.6) is 0 Å². The molecule has 1 aromatic carbocycles. The van der Waals surface area contributed by atoms with Gasteiger partial charge < -0.3 is 14.4 Å². The van der Waals surface area contributed by atoms with Crippen LogP contribution in [-0.4, -0.2) is 48.9 Å². The fourth-order valence-corrected chi connectivity index (χ4v) is 4.02. The van der Waals surface area contributed by atoms with Gasteiger partial charge in [-0.05, 0) is 18.1 Å². The summed E-state index contributed by atoms with van der Waals surface area (Å²) in [6.07, 6.45) is 2.18. The number of hydrogen-bond donors (Lipinski definition) is 2. The fraction of sp³-hybridized carbons (Fsp3) is 0.588. The van der Waals surface area contributed by atoms with Gasteiger partial charge >= 0.3 is 0 Å². The molecule has 0 aliphatic carbocycles. The van der Waals surface area contributed by atoms with Crippen molar-refractivity contribution in [3.8, 4) is 0 Å². The number of nitrogens with one attached hydrogen (secondary N) is 2. The van der Waals surface area contributed by atoms with Crippen molar-refractivity contribution in [1.82, 2.24) is 15.8 Å². The molecule has 0 aromatic heterocycles. The molecule has 3 heterocycles. The van der Waals surface area contributed by atoms with E-state index in [1.165, 1.54) is 0 Å². The third-order valence-electron chi connectivity index (χ3n) is 5.13. The van der Waals surface area contributed by atoms with E-state index in [1.807, 2.05) is 29.2 Å². The second kappa shape index (κ2) is 6.61. The first kappa shape index (κ1) is 16.3. The predicted octanol–water partition coefficient (Wildman–Crippen LogP) is 1.61. The van der Waals surface area contributed by atoms with Crippen molar-refractivity contribution in [2.75, 3.05) is 26.3 Å². The van der Waals surface area contributed by atoms with Gasteiger partial charge in [-0.3, -0.25) is 4.79 Å². The molecule has 3 fully saturated rings. The first-order valence-corrected chi connectivity index (χ1v) is 8.87. The van der Waals surface area contributed by atoms with Crippen molar-refractivity contribution < 1.29 is 14.3 Å². The van der Waals surface area contributed by atoms with E-state index >= 15 is 0 Å². The lowest BCUT2D eigenvalue weighted by atomic mass is 9.99. The standard InChI is InChI=1S/C17H22ClN3O3/c18-13-4-2-1-3-12(13)14-11-15(20-19-14)16(22)21-7-5-17(6-8-21)23-9-10-24-17/h1-4,14-15,19-20H,5-11H2. The molecule has 1 amide bonds. The summed E-state index contributed by atoms with van der Waals surface area (Å²) in [5.41, 5.74) is 7.35. The van der Waals surface area contributed by atoms with E-state index in [-0.39, 0.29) is 18.0 Å². The van der Waals surface area contributed by atoms with Crippen LogP contribution in [0.15, 0.2) is 24.3 Å². The molecule has 0 bridgehead atoms. The normalized spacial score (nSPS) is 29.3. The van der Waals surface area contributed by atoms with E-state index in [0.717, 1.165) is 23.4 Å². The lowest BCUT2D eigenvalue weighted by Gasteiger charge is -2.38. The number of hydrazine groups is 1. The lowest BCUT2D eigenvalue weighted by Crippen LogP contribution is -2.52. The molecule has 0 saturated carbocycles. The molecule has 0 radical (unpaired) electrons. The van der Waals surface area contributed by atoms with Crippen molar-refractivity contribution in [3.05, 3.63) is 34.9 Å². The molecule has 1 spiro atoms. The number of nitrogens with zero attached hydrogens (tertiary/aromatic N) is 1. The van der Waals surface area contributed by atoms with E-state index in [9.17, 15) is 4.79 Å². The Labute approximate surface area is 146 Å². The molecule has 130 valence electrons. The zero-order chi connectivity index (χ0) is 16.6. The molecular weight excluding hydrogens is 330 g/mol. The van der Waals surface area contributed by atoms with Gasteiger partial charge in [0.2, 0.25) is 5.91 Å². The van der Waals surface area contributed by atoms with Crippen molar-refractivity contribution in [3.63, 3.8) is 0 Å². The van der Waals surface area contributed by atoms with Gasteiger partial charge in [0.05, 0.1) is 13.2 Å². The van der Waals surface area contributed by atoms with Gasteiger partial charge in [0.15, 0.2) is 5.79 Å². The van der Waals surface area contributed by atoms with Crippen LogP contribution in [0.25, 0.3) is 0 Å². The van der Waals surface area contributed by atoms with Gasteiger partial charge in [-0.2, -0.15) is 0 Å². The van der Waals surface area contributed by atoms with Gasteiger partial charge in [-0.15, -0.1) is 0 Å². The summed E-state index contributed by atoms with van der Waals surface area (Å²) in [5, 5.41) is 0.723. The number of likely N-dealkylation sites (tertiary alicyclic amines) is 1. The summed E-state index contributed by atoms with van der Waals surface area (Å²) in [6.45, 7) is 2.66. The molecule has 3 aliphatic heterocycles. The Hall–Kier alpha value is -1.18. The second-order valence-electron chi connectivity index (χ2n) is 6.58. The molecule has 7 heteroatoms. The van der Waals surface area contributed by atoms with Crippen LogP contribution in [-0.2, 0) is 14.3 Å². The van der Waals surface area contributed by atoms with Crippen LogP contribution in [0.2, 0.25) is 5.02 Å². The van der Waals surface area contributed by atoms with Crippen LogP contribution in [0.4, 0.5) is 0 Å². The number of hydrogen-bond acceptors (Lipinski definition) is 5. The summed E-state index contributed by atoms with van der Waals surface area (Å²) in [6, 6.07) is 7.56. The minimum absolute atomic E-state index is 0.0466. The second-order valence-corrected chi connectivity index (χ2v) is 6.99. The number of amides is 1. The maximum absolute atomic E-state index is 12.8. The topological polar surface area (TPSA) is 62.8 Å². The molecule has 6 nitrogen and oxygen atoms in total. The van der Waals surface area contributed by atoms with Gasteiger partial charge in [0.1, 0.15) is 6.04 Å². The van der Waals surface area contributed by atoms with Crippen LogP contribution in [0.3, 0.4) is 0 Å². The fourth-order valence-electron chi connectivity index (χ4n) is 3.75. The van der Waals surface area contributed by atoms with Crippen molar-refractivity contribution in [1.29, 1.82) is 0 Å². The highest BCUT2D eigenvalue weighted by molar-refractivity contribution is 6.31. The highest BCUT2D eigenvalue weighted by atomic mass is 35.5. The monoisotopic (exact) mass is 351 g/mol. The van der Waals surface area contributed by atoms with Crippen LogP contribution in [0, 0.1) is 0 Å². The van der Waals surface area contributed by atoms with Crippen LogP contribution >= 0.6 is 11.6 Å². The Balaban J connectivity index is 1.35. The van der Waals surface area contributed by atoms with E-state index in [1.54, 1.807) is 0 Å². The molecule has 2 N–H and O–H groups in total. The molecule has 2 atom stereocenters. The molecule has 2 unspecified atom stereocenters. The Morgan fingerprint density at radius 3 is 2.58 bits per heavy atom. The predicted molar refractivity (Wildman–Crippen MR) is 89.3 cm³/mol. The van der Waals surface area contributed by atoms with Crippen molar-refractivity contribution in [2.45, 2.75) is 37.1 Å². The smallest absolute Gasteiger partial charge is 0.241 e. The minimum atomic E-state index is -0.446. The average Bonchev–Trinajstić information content (AvgIpc) is 3.26. The maximum atomic E-state index is 12.8. The molecular formula is C17H22ClN3O3. The summed E-state index contributed by atoms with van der Waals surface area (Å²) in [5.74, 6) is -0.317. The largest absolute Gasteiger partial charge is 0.347 e. The Morgan fingerprint density at radius 1 is 1.17 bits per heavy atom. The number of ether oxygens (including phenoxy) is 2. The van der Waals surface area contributed by atoms with Gasteiger partial charge in [0.25, 0.3) is 0 Å². The summed E-state index contributed by atoms with van der Waals surface area (Å²) >= 11 is 6.26. The Bertz CT molecular complexity index is 611. The van der Waals surface area contributed by atoms with Crippen LogP contribution in [0.1, 0.15) is 30.9 Å². The number of piperidine rings is 1. The average molecular weight is 352 g/mol. The minimum Gasteiger partial charge on any atom is -0.347 e. The number of rotatable bonds is 2. The van der Waals surface area contributed by atoms with E-state index in [4.69, 9.17) is 21.1 Å². The first-order chi connectivity index (χ1) is 11.7. The molecule has 4 rings (SSSR count). The van der Waals surface area contributed by atoms with E-state index in [2.05, 4.69) is 10.9 Å². The number of carbonyl (C=O) groups is 1. The quantitative estimate of drug-likeness (QED) is 0.847. The maximum Gasteiger partial charge on any atom is 0.241 e. The third-order valence-corrected chi connectivity index (χ3v) is 5.48. The highest BCUT2D eigenvalue weighted by Gasteiger charge is 2.42. The highest BCUT2D eigenvalue weighted by Crippen LogP contribution is 2.33. The summed E-state index contributed by atoms with van der Waals surface area (Å²) < 4.78 is 11.4. The van der Waals surface area contributed by atoms with Gasteiger partial charge in [-0.25, -0.2) is 10.9 Å². The van der Waals surface area contributed by atoms with E-state index < -0.39 is 5.79 Å². The molecule has 3 saturated heterocycles. The van der Waals surface area contributed by atoms with Crippen LogP contribution < -0.4 is 10.9 Å².